The van der Waals surface area contributed by atoms with Crippen molar-refractivity contribution in [3.8, 4) is 5.75 Å². The summed E-state index contributed by atoms with van der Waals surface area (Å²) in [6, 6.07) is 13.2. The second-order valence-electron chi connectivity index (χ2n) is 7.56. The smallest absolute Gasteiger partial charge is 0.335 e. The van der Waals surface area contributed by atoms with Crippen molar-refractivity contribution in [2.24, 2.45) is 0 Å². The first-order chi connectivity index (χ1) is 13.5. The predicted octanol–water partition coefficient (Wildman–Crippen LogP) is 3.48. The molecular weight excluding hydrogens is 356 g/mol. The zero-order valence-electron chi connectivity index (χ0n) is 15.9. The standard InChI is InChI=1S/C22H24N2O4/c1-14-21(25)23-19-7-2-15(12-20(19)28-14)13-24-10-8-17(9-11-24)16-3-5-18(6-4-16)22(26)27/h2-7,12,14,17H,8-11,13H2,1H3,(H,23,25)(H,26,27). The Morgan fingerprint density at radius 2 is 1.89 bits per heavy atom. The number of aromatic carboxylic acids is 1. The molecule has 1 atom stereocenters. The van der Waals surface area contributed by atoms with Crippen molar-refractivity contribution in [2.75, 3.05) is 18.4 Å². The van der Waals surface area contributed by atoms with Crippen LogP contribution in [0.25, 0.3) is 0 Å². The molecule has 146 valence electrons. The Hall–Kier alpha value is -2.86. The topological polar surface area (TPSA) is 78.9 Å². The van der Waals surface area contributed by atoms with E-state index in [9.17, 15) is 9.59 Å². The largest absolute Gasteiger partial charge is 0.479 e. The number of piperidine rings is 1. The molecule has 2 aromatic rings. The fraction of sp³-hybridized carbons (Fsp3) is 0.364. The molecule has 1 fully saturated rings. The number of likely N-dealkylation sites (tertiary alicyclic amines) is 1. The summed E-state index contributed by atoms with van der Waals surface area (Å²) in [5, 5.41) is 11.9. The first-order valence-corrected chi connectivity index (χ1v) is 9.65. The van der Waals surface area contributed by atoms with Crippen LogP contribution in [-0.2, 0) is 11.3 Å². The van der Waals surface area contributed by atoms with Crippen LogP contribution in [0, 0.1) is 0 Å². The lowest BCUT2D eigenvalue weighted by Crippen LogP contribution is -2.35. The van der Waals surface area contributed by atoms with Crippen molar-refractivity contribution in [3.05, 3.63) is 59.2 Å². The summed E-state index contributed by atoms with van der Waals surface area (Å²) in [6.07, 6.45) is 1.65. The van der Waals surface area contributed by atoms with Crippen molar-refractivity contribution < 1.29 is 19.4 Å². The van der Waals surface area contributed by atoms with Gasteiger partial charge in [-0.15, -0.1) is 0 Å². The van der Waals surface area contributed by atoms with E-state index in [0.29, 0.717) is 11.5 Å². The van der Waals surface area contributed by atoms with Gasteiger partial charge in [-0.05, 0) is 74.2 Å². The van der Waals surface area contributed by atoms with Gasteiger partial charge in [0.15, 0.2) is 6.10 Å². The predicted molar refractivity (Wildman–Crippen MR) is 106 cm³/mol. The number of nitrogens with one attached hydrogen (secondary N) is 1. The van der Waals surface area contributed by atoms with Crippen LogP contribution in [0.15, 0.2) is 42.5 Å². The Morgan fingerprint density at radius 1 is 1.18 bits per heavy atom. The molecule has 1 unspecified atom stereocenters. The van der Waals surface area contributed by atoms with Gasteiger partial charge in [-0.25, -0.2) is 4.79 Å². The average Bonchev–Trinajstić information content (AvgIpc) is 2.70. The van der Waals surface area contributed by atoms with Gasteiger partial charge in [0, 0.05) is 6.54 Å². The van der Waals surface area contributed by atoms with E-state index >= 15 is 0 Å². The summed E-state index contributed by atoms with van der Waals surface area (Å²) in [5.41, 5.74) is 3.46. The molecule has 2 aromatic carbocycles. The quantitative estimate of drug-likeness (QED) is 0.849. The van der Waals surface area contributed by atoms with E-state index in [4.69, 9.17) is 9.84 Å². The summed E-state index contributed by atoms with van der Waals surface area (Å²) in [6.45, 7) is 4.59. The number of carbonyl (C=O) groups excluding carboxylic acids is 1. The van der Waals surface area contributed by atoms with Crippen LogP contribution in [0.5, 0.6) is 5.75 Å². The molecule has 0 spiro atoms. The Labute approximate surface area is 164 Å². The van der Waals surface area contributed by atoms with Gasteiger partial charge in [0.25, 0.3) is 5.91 Å². The van der Waals surface area contributed by atoms with E-state index in [0.717, 1.165) is 43.9 Å². The molecule has 28 heavy (non-hydrogen) atoms. The number of carboxylic acids is 1. The Balaban J connectivity index is 1.35. The first kappa shape index (κ1) is 18.5. The highest BCUT2D eigenvalue weighted by molar-refractivity contribution is 5.97. The van der Waals surface area contributed by atoms with E-state index in [1.165, 1.54) is 11.1 Å². The minimum absolute atomic E-state index is 0.112. The van der Waals surface area contributed by atoms with Crippen molar-refractivity contribution in [2.45, 2.75) is 38.3 Å². The maximum Gasteiger partial charge on any atom is 0.335 e. The number of carbonyl (C=O) groups is 2. The number of carboxylic acid groups (broad SMARTS) is 1. The lowest BCUT2D eigenvalue weighted by molar-refractivity contribution is -0.122. The third-order valence-electron chi connectivity index (χ3n) is 5.60. The van der Waals surface area contributed by atoms with Gasteiger partial charge in [-0.2, -0.15) is 0 Å². The van der Waals surface area contributed by atoms with E-state index in [2.05, 4.69) is 10.2 Å². The van der Waals surface area contributed by atoms with Crippen molar-refractivity contribution in [3.63, 3.8) is 0 Å². The van der Waals surface area contributed by atoms with Crippen LogP contribution in [0.3, 0.4) is 0 Å². The molecule has 2 aliphatic heterocycles. The van der Waals surface area contributed by atoms with Crippen molar-refractivity contribution >= 4 is 17.6 Å². The number of ether oxygens (including phenoxy) is 1. The zero-order valence-corrected chi connectivity index (χ0v) is 15.9. The van der Waals surface area contributed by atoms with Gasteiger partial charge < -0.3 is 15.2 Å². The Bertz CT molecular complexity index is 886. The number of fused-ring (bicyclic) bond motifs is 1. The molecule has 0 saturated carbocycles. The fourth-order valence-electron chi connectivity index (χ4n) is 3.92. The van der Waals surface area contributed by atoms with E-state index < -0.39 is 12.1 Å². The van der Waals surface area contributed by atoms with Crippen LogP contribution in [0.1, 0.15) is 47.2 Å². The third kappa shape index (κ3) is 3.87. The highest BCUT2D eigenvalue weighted by Gasteiger charge is 2.25. The second-order valence-corrected chi connectivity index (χ2v) is 7.56. The lowest BCUT2D eigenvalue weighted by atomic mass is 9.89. The van der Waals surface area contributed by atoms with Crippen LogP contribution in [-0.4, -0.2) is 41.1 Å². The van der Waals surface area contributed by atoms with E-state index in [-0.39, 0.29) is 5.91 Å². The van der Waals surface area contributed by atoms with Gasteiger partial charge in [0.1, 0.15) is 5.75 Å². The molecule has 6 nitrogen and oxygen atoms in total. The molecular formula is C22H24N2O4. The molecule has 2 N–H and O–H groups in total. The fourth-order valence-corrected chi connectivity index (χ4v) is 3.92. The number of rotatable bonds is 4. The molecule has 0 radical (unpaired) electrons. The van der Waals surface area contributed by atoms with Crippen LogP contribution in [0.2, 0.25) is 0 Å². The molecule has 6 heteroatoms. The summed E-state index contributed by atoms with van der Waals surface area (Å²) < 4.78 is 5.70. The molecule has 1 saturated heterocycles. The van der Waals surface area contributed by atoms with Gasteiger partial charge in [-0.3, -0.25) is 9.69 Å². The Kier molecular flexibility index (Phi) is 5.05. The van der Waals surface area contributed by atoms with Crippen molar-refractivity contribution in [1.29, 1.82) is 0 Å². The zero-order chi connectivity index (χ0) is 19.7. The van der Waals surface area contributed by atoms with Gasteiger partial charge in [0.05, 0.1) is 11.3 Å². The number of anilines is 1. The third-order valence-corrected chi connectivity index (χ3v) is 5.60. The Morgan fingerprint density at radius 3 is 2.57 bits per heavy atom. The lowest BCUT2D eigenvalue weighted by Gasteiger charge is -2.32. The minimum atomic E-state index is -0.885. The molecule has 0 bridgehead atoms. The average molecular weight is 380 g/mol. The number of nitrogens with zero attached hydrogens (tertiary/aromatic N) is 1. The summed E-state index contributed by atoms with van der Waals surface area (Å²) >= 11 is 0. The minimum Gasteiger partial charge on any atom is -0.479 e. The highest BCUT2D eigenvalue weighted by atomic mass is 16.5. The SMILES string of the molecule is CC1Oc2cc(CN3CCC(c4ccc(C(=O)O)cc4)CC3)ccc2NC1=O. The summed E-state index contributed by atoms with van der Waals surface area (Å²) in [7, 11) is 0. The van der Waals surface area contributed by atoms with E-state index in [1.54, 1.807) is 19.1 Å². The van der Waals surface area contributed by atoms with Crippen LogP contribution in [0.4, 0.5) is 5.69 Å². The highest BCUT2D eigenvalue weighted by Crippen LogP contribution is 2.32. The molecule has 1 amide bonds. The molecule has 0 aromatic heterocycles. The number of amides is 1. The van der Waals surface area contributed by atoms with E-state index in [1.807, 2.05) is 30.3 Å². The maximum absolute atomic E-state index is 11.7. The van der Waals surface area contributed by atoms with Gasteiger partial charge in [-0.1, -0.05) is 18.2 Å². The first-order valence-electron chi connectivity index (χ1n) is 9.65. The van der Waals surface area contributed by atoms with Crippen LogP contribution >= 0.6 is 0 Å². The van der Waals surface area contributed by atoms with Crippen molar-refractivity contribution in [1.82, 2.24) is 4.90 Å². The maximum atomic E-state index is 11.7. The monoisotopic (exact) mass is 380 g/mol. The van der Waals surface area contributed by atoms with Gasteiger partial charge in [0.2, 0.25) is 0 Å². The van der Waals surface area contributed by atoms with Gasteiger partial charge >= 0.3 is 5.97 Å². The number of hydrogen-bond acceptors (Lipinski definition) is 4. The molecule has 2 heterocycles. The molecule has 4 rings (SSSR count). The molecule has 0 aliphatic carbocycles. The normalized spacial score (nSPS) is 20.2. The number of benzene rings is 2. The van der Waals surface area contributed by atoms with Crippen LogP contribution < -0.4 is 10.1 Å². The molecule has 2 aliphatic rings. The summed E-state index contributed by atoms with van der Waals surface area (Å²) in [4.78, 5) is 25.1. The number of hydrogen-bond donors (Lipinski definition) is 2. The summed E-state index contributed by atoms with van der Waals surface area (Å²) in [5.74, 6) is 0.211. The second kappa shape index (κ2) is 7.64.